The summed E-state index contributed by atoms with van der Waals surface area (Å²) in [5, 5.41) is 9.79. The van der Waals surface area contributed by atoms with Gasteiger partial charge in [0.1, 0.15) is 17.3 Å². The van der Waals surface area contributed by atoms with Crippen molar-refractivity contribution in [1.82, 2.24) is 0 Å². The fourth-order valence-corrected chi connectivity index (χ4v) is 2.23. The zero-order valence-electron chi connectivity index (χ0n) is 12.9. The second-order valence-electron chi connectivity index (χ2n) is 6.21. The van der Waals surface area contributed by atoms with Crippen molar-refractivity contribution in [2.45, 2.75) is 39.2 Å². The Labute approximate surface area is 125 Å². The monoisotopic (exact) mass is 288 g/mol. The summed E-state index contributed by atoms with van der Waals surface area (Å²) in [6.45, 7) is 7.91. The molecule has 2 aromatic carbocycles. The molecule has 0 aliphatic rings. The third-order valence-electron chi connectivity index (χ3n) is 3.34. The van der Waals surface area contributed by atoms with Crippen LogP contribution in [-0.4, -0.2) is 5.11 Å². The van der Waals surface area contributed by atoms with E-state index in [1.165, 1.54) is 12.1 Å². The van der Waals surface area contributed by atoms with Crippen LogP contribution in [0.1, 0.15) is 44.9 Å². The first-order valence-corrected chi connectivity index (χ1v) is 7.04. The molecule has 0 amide bonds. The van der Waals surface area contributed by atoms with E-state index in [9.17, 15) is 9.50 Å². The van der Waals surface area contributed by atoms with Crippen LogP contribution in [0.25, 0.3) is 0 Å². The highest BCUT2D eigenvalue weighted by molar-refractivity contribution is 5.44. The van der Waals surface area contributed by atoms with Crippen LogP contribution < -0.4 is 4.74 Å². The maximum absolute atomic E-state index is 13.3. The van der Waals surface area contributed by atoms with Gasteiger partial charge in [0.05, 0.1) is 6.10 Å². The lowest BCUT2D eigenvalue weighted by Crippen LogP contribution is -2.12. The normalized spacial score (nSPS) is 13.0. The molecule has 21 heavy (non-hydrogen) atoms. The summed E-state index contributed by atoms with van der Waals surface area (Å²) < 4.78 is 19.3. The summed E-state index contributed by atoms with van der Waals surface area (Å²) in [6, 6.07) is 12.0. The van der Waals surface area contributed by atoms with Gasteiger partial charge < -0.3 is 9.84 Å². The fraction of sp³-hybridized carbons (Fsp3) is 0.333. The largest absolute Gasteiger partial charge is 0.457 e. The van der Waals surface area contributed by atoms with Gasteiger partial charge in [-0.15, -0.1) is 0 Å². The van der Waals surface area contributed by atoms with E-state index < -0.39 is 6.10 Å². The minimum Gasteiger partial charge on any atom is -0.457 e. The first-order valence-electron chi connectivity index (χ1n) is 7.04. The van der Waals surface area contributed by atoms with Crippen molar-refractivity contribution < 1.29 is 14.2 Å². The van der Waals surface area contributed by atoms with Gasteiger partial charge in [-0.25, -0.2) is 4.39 Å². The lowest BCUT2D eigenvalue weighted by Gasteiger charge is -2.23. The highest BCUT2D eigenvalue weighted by Crippen LogP contribution is 2.36. The predicted molar refractivity (Wildman–Crippen MR) is 82.2 cm³/mol. The molecule has 3 heteroatoms. The van der Waals surface area contributed by atoms with Crippen molar-refractivity contribution in [3.8, 4) is 11.5 Å². The number of hydrogen-bond donors (Lipinski definition) is 1. The van der Waals surface area contributed by atoms with E-state index in [1.54, 1.807) is 13.0 Å². The average molecular weight is 288 g/mol. The third-order valence-corrected chi connectivity index (χ3v) is 3.34. The number of benzene rings is 2. The average Bonchev–Trinajstić information content (AvgIpc) is 2.40. The van der Waals surface area contributed by atoms with Gasteiger partial charge in [-0.3, -0.25) is 0 Å². The predicted octanol–water partition coefficient (Wildman–Crippen LogP) is 4.97. The molecule has 0 saturated carbocycles. The molecule has 0 radical (unpaired) electrons. The van der Waals surface area contributed by atoms with Crippen LogP contribution in [0, 0.1) is 5.82 Å². The van der Waals surface area contributed by atoms with Gasteiger partial charge >= 0.3 is 0 Å². The van der Waals surface area contributed by atoms with Crippen LogP contribution in [0.15, 0.2) is 42.5 Å². The van der Waals surface area contributed by atoms with E-state index in [4.69, 9.17) is 4.74 Å². The van der Waals surface area contributed by atoms with E-state index >= 15 is 0 Å². The molecule has 0 aliphatic heterocycles. The molecule has 0 spiro atoms. The van der Waals surface area contributed by atoms with Crippen molar-refractivity contribution in [2.24, 2.45) is 0 Å². The number of rotatable bonds is 3. The highest BCUT2D eigenvalue weighted by Gasteiger charge is 2.20. The molecule has 0 aromatic heterocycles. The number of hydrogen-bond acceptors (Lipinski definition) is 2. The Hall–Kier alpha value is -1.87. The molecule has 2 nitrogen and oxygen atoms in total. The number of aliphatic hydroxyl groups excluding tert-OH is 1. The van der Waals surface area contributed by atoms with Crippen LogP contribution >= 0.6 is 0 Å². The Balaban J connectivity index is 2.44. The zero-order chi connectivity index (χ0) is 15.6. The first-order chi connectivity index (χ1) is 9.79. The van der Waals surface area contributed by atoms with Crippen molar-refractivity contribution in [2.75, 3.05) is 0 Å². The SMILES string of the molecule is C[C@H](O)c1cc(F)ccc1Oc1ccccc1C(C)(C)C. The summed E-state index contributed by atoms with van der Waals surface area (Å²) in [6.07, 6.45) is -0.794. The van der Waals surface area contributed by atoms with E-state index in [-0.39, 0.29) is 11.2 Å². The molecule has 1 N–H and O–H groups in total. The molecule has 2 aromatic rings. The summed E-state index contributed by atoms with van der Waals surface area (Å²) >= 11 is 0. The molecule has 0 fully saturated rings. The van der Waals surface area contributed by atoms with Crippen LogP contribution in [0.4, 0.5) is 4.39 Å². The molecule has 0 aliphatic carbocycles. The lowest BCUT2D eigenvalue weighted by molar-refractivity contribution is 0.195. The quantitative estimate of drug-likeness (QED) is 0.864. The molecule has 112 valence electrons. The first kappa shape index (κ1) is 15.5. The Morgan fingerprint density at radius 2 is 1.71 bits per heavy atom. The fourth-order valence-electron chi connectivity index (χ4n) is 2.23. The minimum absolute atomic E-state index is 0.0678. The maximum Gasteiger partial charge on any atom is 0.133 e. The Morgan fingerprint density at radius 3 is 2.33 bits per heavy atom. The topological polar surface area (TPSA) is 29.5 Å². The molecular weight excluding hydrogens is 267 g/mol. The Kier molecular flexibility index (Phi) is 4.33. The highest BCUT2D eigenvalue weighted by atomic mass is 19.1. The molecule has 2 rings (SSSR count). The second-order valence-corrected chi connectivity index (χ2v) is 6.21. The second kappa shape index (κ2) is 5.86. The van der Waals surface area contributed by atoms with E-state index in [0.717, 1.165) is 11.3 Å². The standard InChI is InChI=1S/C18H21FO2/c1-12(20)14-11-13(19)9-10-16(14)21-17-8-6-5-7-15(17)18(2,3)4/h5-12,20H,1-4H3/t12-/m0/s1. The van der Waals surface area contributed by atoms with Gasteiger partial charge in [0.2, 0.25) is 0 Å². The minimum atomic E-state index is -0.794. The molecule has 0 heterocycles. The van der Waals surface area contributed by atoms with Gasteiger partial charge in [0.25, 0.3) is 0 Å². The van der Waals surface area contributed by atoms with E-state index in [2.05, 4.69) is 20.8 Å². The number of aliphatic hydroxyl groups is 1. The maximum atomic E-state index is 13.3. The number of ether oxygens (including phenoxy) is 1. The summed E-state index contributed by atoms with van der Waals surface area (Å²) in [5.41, 5.74) is 1.44. The lowest BCUT2D eigenvalue weighted by atomic mass is 9.86. The molecule has 0 unspecified atom stereocenters. The molecule has 1 atom stereocenters. The third kappa shape index (κ3) is 3.61. The summed E-state index contributed by atoms with van der Waals surface area (Å²) in [4.78, 5) is 0. The smallest absolute Gasteiger partial charge is 0.133 e. The van der Waals surface area contributed by atoms with Crippen LogP contribution in [0.2, 0.25) is 0 Å². The van der Waals surface area contributed by atoms with Crippen LogP contribution in [0.3, 0.4) is 0 Å². The number of para-hydroxylation sites is 1. The molecule has 0 bridgehead atoms. The van der Waals surface area contributed by atoms with Gasteiger partial charge in [0, 0.05) is 11.1 Å². The van der Waals surface area contributed by atoms with Gasteiger partial charge in [-0.05, 0) is 36.6 Å². The van der Waals surface area contributed by atoms with Crippen molar-refractivity contribution >= 4 is 0 Å². The number of halogens is 1. The van der Waals surface area contributed by atoms with Crippen molar-refractivity contribution in [1.29, 1.82) is 0 Å². The van der Waals surface area contributed by atoms with E-state index in [0.29, 0.717) is 11.3 Å². The Bertz CT molecular complexity index is 627. The van der Waals surface area contributed by atoms with Crippen molar-refractivity contribution in [3.05, 3.63) is 59.4 Å². The van der Waals surface area contributed by atoms with Gasteiger partial charge in [0.15, 0.2) is 0 Å². The van der Waals surface area contributed by atoms with E-state index in [1.807, 2.05) is 24.3 Å². The van der Waals surface area contributed by atoms with Crippen molar-refractivity contribution in [3.63, 3.8) is 0 Å². The zero-order valence-corrected chi connectivity index (χ0v) is 12.9. The Morgan fingerprint density at radius 1 is 1.05 bits per heavy atom. The van der Waals surface area contributed by atoms with Gasteiger partial charge in [-0.1, -0.05) is 39.0 Å². The molecular formula is C18H21FO2. The van der Waals surface area contributed by atoms with Crippen LogP contribution in [-0.2, 0) is 5.41 Å². The van der Waals surface area contributed by atoms with Gasteiger partial charge in [-0.2, -0.15) is 0 Å². The summed E-state index contributed by atoms with van der Waals surface area (Å²) in [7, 11) is 0. The molecule has 0 saturated heterocycles. The summed E-state index contributed by atoms with van der Waals surface area (Å²) in [5.74, 6) is 0.809. The van der Waals surface area contributed by atoms with Crippen LogP contribution in [0.5, 0.6) is 11.5 Å².